The summed E-state index contributed by atoms with van der Waals surface area (Å²) in [6.45, 7) is 6.60. The number of rotatable bonds is 3. The zero-order valence-electron chi connectivity index (χ0n) is 12.3. The number of amides is 1. The molecule has 1 heterocycles. The molecular formula is C16H21NO3. The molecule has 1 saturated heterocycles. The Bertz CT molecular complexity index is 490. The molecule has 4 nitrogen and oxygen atoms in total. The van der Waals surface area contributed by atoms with Crippen LogP contribution in [0.25, 0.3) is 0 Å². The molecular weight excluding hydrogens is 254 g/mol. The molecule has 1 unspecified atom stereocenters. The van der Waals surface area contributed by atoms with Crippen LogP contribution in [0.4, 0.5) is 0 Å². The first-order chi connectivity index (χ1) is 9.37. The Morgan fingerprint density at radius 1 is 1.30 bits per heavy atom. The Morgan fingerprint density at radius 2 is 1.95 bits per heavy atom. The fourth-order valence-electron chi connectivity index (χ4n) is 2.29. The Labute approximate surface area is 119 Å². The van der Waals surface area contributed by atoms with Gasteiger partial charge in [0.2, 0.25) is 5.91 Å². The molecule has 1 aliphatic rings. The number of esters is 1. The summed E-state index contributed by atoms with van der Waals surface area (Å²) in [5.41, 5.74) is 0.523. The second-order valence-electron chi connectivity index (χ2n) is 6.12. The van der Waals surface area contributed by atoms with Crippen molar-refractivity contribution in [2.24, 2.45) is 5.92 Å². The van der Waals surface area contributed by atoms with Crippen molar-refractivity contribution in [3.05, 3.63) is 35.9 Å². The topological polar surface area (TPSA) is 46.6 Å². The van der Waals surface area contributed by atoms with Gasteiger partial charge in [-0.2, -0.15) is 0 Å². The van der Waals surface area contributed by atoms with Crippen LogP contribution in [0.2, 0.25) is 0 Å². The molecule has 2 rings (SSSR count). The second kappa shape index (κ2) is 5.65. The van der Waals surface area contributed by atoms with E-state index >= 15 is 0 Å². The van der Waals surface area contributed by atoms with Crippen molar-refractivity contribution in [2.45, 2.75) is 39.3 Å². The summed E-state index contributed by atoms with van der Waals surface area (Å²) in [5.74, 6) is -1.17. The molecule has 0 aliphatic carbocycles. The first-order valence-electron chi connectivity index (χ1n) is 6.92. The van der Waals surface area contributed by atoms with E-state index in [0.717, 1.165) is 5.56 Å². The summed E-state index contributed by atoms with van der Waals surface area (Å²) in [5, 5.41) is 0. The summed E-state index contributed by atoms with van der Waals surface area (Å²) >= 11 is 0. The molecule has 0 radical (unpaired) electrons. The number of carbonyl (C=O) groups is 2. The maximum atomic E-state index is 12.3. The van der Waals surface area contributed by atoms with Gasteiger partial charge in [-0.1, -0.05) is 30.3 Å². The number of carbonyl (C=O) groups excluding carboxylic acids is 2. The molecule has 0 bridgehead atoms. The first-order valence-corrected chi connectivity index (χ1v) is 6.92. The number of hydrogen-bond acceptors (Lipinski definition) is 3. The van der Waals surface area contributed by atoms with Crippen molar-refractivity contribution in [1.82, 2.24) is 4.90 Å². The summed E-state index contributed by atoms with van der Waals surface area (Å²) in [7, 11) is 0. The molecule has 20 heavy (non-hydrogen) atoms. The van der Waals surface area contributed by atoms with Gasteiger partial charge in [0.1, 0.15) is 11.5 Å². The minimum Gasteiger partial charge on any atom is -0.459 e. The molecule has 0 N–H and O–H groups in total. The largest absolute Gasteiger partial charge is 0.459 e. The molecule has 1 aliphatic heterocycles. The highest BCUT2D eigenvalue weighted by Crippen LogP contribution is 2.23. The van der Waals surface area contributed by atoms with E-state index in [1.165, 1.54) is 0 Å². The number of ether oxygens (including phenoxy) is 1. The lowest BCUT2D eigenvalue weighted by Crippen LogP contribution is -2.34. The minimum atomic E-state index is -0.641. The molecule has 1 amide bonds. The molecule has 4 heteroatoms. The van der Waals surface area contributed by atoms with Gasteiger partial charge in [-0.3, -0.25) is 9.59 Å². The highest BCUT2D eigenvalue weighted by Gasteiger charge is 2.39. The normalized spacial score (nSPS) is 19.2. The molecule has 1 atom stereocenters. The van der Waals surface area contributed by atoms with Crippen LogP contribution >= 0.6 is 0 Å². The summed E-state index contributed by atoms with van der Waals surface area (Å²) in [4.78, 5) is 26.0. The molecule has 0 spiro atoms. The van der Waals surface area contributed by atoms with Crippen LogP contribution in [0, 0.1) is 5.92 Å². The van der Waals surface area contributed by atoms with Gasteiger partial charge < -0.3 is 9.64 Å². The average molecular weight is 275 g/mol. The third-order valence-electron chi connectivity index (χ3n) is 3.21. The highest BCUT2D eigenvalue weighted by atomic mass is 16.6. The van der Waals surface area contributed by atoms with Crippen molar-refractivity contribution < 1.29 is 14.3 Å². The lowest BCUT2D eigenvalue weighted by Gasteiger charge is -2.22. The summed E-state index contributed by atoms with van der Waals surface area (Å²) < 4.78 is 5.30. The maximum Gasteiger partial charge on any atom is 0.319 e. The molecule has 1 aromatic carbocycles. The van der Waals surface area contributed by atoms with Crippen molar-refractivity contribution in [3.63, 3.8) is 0 Å². The lowest BCUT2D eigenvalue weighted by atomic mass is 10.1. The van der Waals surface area contributed by atoms with Crippen molar-refractivity contribution >= 4 is 11.9 Å². The molecule has 1 fully saturated rings. The Morgan fingerprint density at radius 3 is 2.55 bits per heavy atom. The fraction of sp³-hybridized carbons (Fsp3) is 0.500. The van der Waals surface area contributed by atoms with Gasteiger partial charge in [0.05, 0.1) is 0 Å². The van der Waals surface area contributed by atoms with E-state index in [-0.39, 0.29) is 5.91 Å². The zero-order valence-corrected chi connectivity index (χ0v) is 12.3. The van der Waals surface area contributed by atoms with Gasteiger partial charge in [-0.15, -0.1) is 0 Å². The first kappa shape index (κ1) is 14.6. The van der Waals surface area contributed by atoms with Gasteiger partial charge in [-0.05, 0) is 32.8 Å². The highest BCUT2D eigenvalue weighted by molar-refractivity contribution is 5.99. The monoisotopic (exact) mass is 275 g/mol. The van der Waals surface area contributed by atoms with E-state index in [1.807, 2.05) is 51.1 Å². The smallest absolute Gasteiger partial charge is 0.319 e. The average Bonchev–Trinajstić information content (AvgIpc) is 2.70. The van der Waals surface area contributed by atoms with E-state index in [4.69, 9.17) is 4.74 Å². The van der Waals surface area contributed by atoms with Crippen molar-refractivity contribution in [3.8, 4) is 0 Å². The van der Waals surface area contributed by atoms with Crippen LogP contribution < -0.4 is 0 Å². The van der Waals surface area contributed by atoms with E-state index in [1.54, 1.807) is 4.90 Å². The summed E-state index contributed by atoms with van der Waals surface area (Å²) in [6.07, 6.45) is 0.542. The van der Waals surface area contributed by atoms with Gasteiger partial charge in [0.15, 0.2) is 0 Å². The minimum absolute atomic E-state index is 0.122. The second-order valence-corrected chi connectivity index (χ2v) is 6.12. The Hall–Kier alpha value is -1.84. The predicted octanol–water partition coefficient (Wildman–Crippen LogP) is 2.38. The number of nitrogens with zero attached hydrogens (tertiary/aromatic N) is 1. The van der Waals surface area contributed by atoms with Crippen LogP contribution in [0.1, 0.15) is 32.8 Å². The van der Waals surface area contributed by atoms with Crippen LogP contribution in [0.15, 0.2) is 30.3 Å². The number of benzene rings is 1. The molecule has 1 aromatic rings. The quantitative estimate of drug-likeness (QED) is 0.628. The standard InChI is InChI=1S/C16H21NO3/c1-16(2,3)20-15(19)13-9-10-17(14(13)18)11-12-7-5-4-6-8-12/h4-8,13H,9-11H2,1-3H3. The Balaban J connectivity index is 1.97. The number of hydrogen-bond donors (Lipinski definition) is 0. The van der Waals surface area contributed by atoms with Crippen LogP contribution in [0.3, 0.4) is 0 Å². The maximum absolute atomic E-state index is 12.3. The van der Waals surface area contributed by atoms with Crippen LogP contribution in [-0.4, -0.2) is 28.9 Å². The van der Waals surface area contributed by atoms with Gasteiger partial charge >= 0.3 is 5.97 Å². The SMILES string of the molecule is CC(C)(C)OC(=O)C1CCN(Cc2ccccc2)C1=O. The van der Waals surface area contributed by atoms with Gasteiger partial charge in [0.25, 0.3) is 0 Å². The number of likely N-dealkylation sites (tertiary alicyclic amines) is 1. The van der Waals surface area contributed by atoms with E-state index in [0.29, 0.717) is 19.5 Å². The summed E-state index contributed by atoms with van der Waals surface area (Å²) in [6, 6.07) is 9.80. The lowest BCUT2D eigenvalue weighted by molar-refractivity contribution is -0.162. The molecule has 108 valence electrons. The molecule has 0 aromatic heterocycles. The molecule has 0 saturated carbocycles. The van der Waals surface area contributed by atoms with E-state index in [9.17, 15) is 9.59 Å². The van der Waals surface area contributed by atoms with Crippen LogP contribution in [-0.2, 0) is 20.9 Å². The van der Waals surface area contributed by atoms with Gasteiger partial charge in [0, 0.05) is 13.1 Å². The van der Waals surface area contributed by atoms with E-state index in [2.05, 4.69) is 0 Å². The van der Waals surface area contributed by atoms with Crippen molar-refractivity contribution in [2.75, 3.05) is 6.54 Å². The van der Waals surface area contributed by atoms with Crippen molar-refractivity contribution in [1.29, 1.82) is 0 Å². The van der Waals surface area contributed by atoms with Gasteiger partial charge in [-0.25, -0.2) is 0 Å². The Kier molecular flexibility index (Phi) is 4.12. The third kappa shape index (κ3) is 3.59. The van der Waals surface area contributed by atoms with E-state index < -0.39 is 17.5 Å². The predicted molar refractivity (Wildman–Crippen MR) is 75.8 cm³/mol. The zero-order chi connectivity index (χ0) is 14.8. The fourth-order valence-corrected chi connectivity index (χ4v) is 2.29. The third-order valence-corrected chi connectivity index (χ3v) is 3.21. The van der Waals surface area contributed by atoms with Crippen LogP contribution in [0.5, 0.6) is 0 Å².